The van der Waals surface area contributed by atoms with Gasteiger partial charge in [0.25, 0.3) is 5.56 Å². The molecule has 1 aliphatic carbocycles. The number of nitrogens with two attached hydrogens (primary N) is 1. The summed E-state index contributed by atoms with van der Waals surface area (Å²) in [5.74, 6) is 0.427. The van der Waals surface area contributed by atoms with Gasteiger partial charge in [0, 0.05) is 24.3 Å². The number of H-pyrrole nitrogens is 1. The molecule has 0 saturated heterocycles. The molecule has 0 atom stereocenters. The Bertz CT molecular complexity index is 1470. The van der Waals surface area contributed by atoms with Crippen LogP contribution in [0.2, 0.25) is 0 Å². The molecule has 0 unspecified atom stereocenters. The van der Waals surface area contributed by atoms with Crippen LogP contribution in [0.25, 0.3) is 22.2 Å². The number of nitrogens with zero attached hydrogens (tertiary/aromatic N) is 4. The standard InChI is InChI=1S/C25H24N6O2/c1-2-31-21-19(22(26)27-28-23(21)32)20(29-31)16-8-9-18-15(14-16)10-13-30(18)24(33)25(11-12-25)17-6-4-3-5-7-17/h3-9,14H,2,10-13H2,1H3,(H2,26,27)(H,28,32). The summed E-state index contributed by atoms with van der Waals surface area (Å²) in [6, 6.07) is 16.1. The van der Waals surface area contributed by atoms with Crippen LogP contribution < -0.4 is 16.2 Å². The monoisotopic (exact) mass is 440 g/mol. The molecule has 0 spiro atoms. The minimum Gasteiger partial charge on any atom is -0.382 e. The van der Waals surface area contributed by atoms with Gasteiger partial charge < -0.3 is 10.6 Å². The summed E-state index contributed by atoms with van der Waals surface area (Å²) in [6.07, 6.45) is 2.56. The highest BCUT2D eigenvalue weighted by Crippen LogP contribution is 2.51. The van der Waals surface area contributed by atoms with Crippen LogP contribution in [0.15, 0.2) is 53.3 Å². The second kappa shape index (κ2) is 7.03. The van der Waals surface area contributed by atoms with Crippen molar-refractivity contribution < 1.29 is 4.79 Å². The van der Waals surface area contributed by atoms with E-state index < -0.39 is 5.41 Å². The first kappa shape index (κ1) is 19.7. The highest BCUT2D eigenvalue weighted by Gasteiger charge is 2.53. The highest BCUT2D eigenvalue weighted by molar-refractivity contribution is 6.05. The molecule has 0 radical (unpaired) electrons. The summed E-state index contributed by atoms with van der Waals surface area (Å²) >= 11 is 0. The van der Waals surface area contributed by atoms with Crippen molar-refractivity contribution in [3.05, 3.63) is 70.0 Å². The van der Waals surface area contributed by atoms with E-state index in [0.717, 1.165) is 41.6 Å². The summed E-state index contributed by atoms with van der Waals surface area (Å²) in [6.45, 7) is 3.14. The largest absolute Gasteiger partial charge is 0.382 e. The molecule has 1 saturated carbocycles. The number of anilines is 2. The van der Waals surface area contributed by atoms with Crippen molar-refractivity contribution in [2.75, 3.05) is 17.2 Å². The Morgan fingerprint density at radius 1 is 1.18 bits per heavy atom. The van der Waals surface area contributed by atoms with Crippen molar-refractivity contribution >= 4 is 28.3 Å². The zero-order chi connectivity index (χ0) is 22.7. The molecule has 1 amide bonds. The summed E-state index contributed by atoms with van der Waals surface area (Å²) in [5.41, 5.74) is 10.5. The van der Waals surface area contributed by atoms with Crippen molar-refractivity contribution in [2.24, 2.45) is 0 Å². The van der Waals surface area contributed by atoms with E-state index >= 15 is 0 Å². The van der Waals surface area contributed by atoms with E-state index in [2.05, 4.69) is 33.5 Å². The number of fused-ring (bicyclic) bond motifs is 2. The fourth-order valence-corrected chi connectivity index (χ4v) is 5.11. The molecule has 2 aromatic heterocycles. The van der Waals surface area contributed by atoms with E-state index in [1.54, 1.807) is 4.68 Å². The van der Waals surface area contributed by atoms with Gasteiger partial charge >= 0.3 is 0 Å². The maximum atomic E-state index is 13.6. The molecule has 0 bridgehead atoms. The fraction of sp³-hybridized carbons (Fsp3) is 0.280. The van der Waals surface area contributed by atoms with E-state index in [4.69, 9.17) is 5.73 Å². The van der Waals surface area contributed by atoms with Crippen molar-refractivity contribution in [3.8, 4) is 11.3 Å². The SMILES string of the molecule is CCn1nc(-c2ccc3c(c2)CCN3C(=O)C2(c3ccccc3)CC2)c2c(N)n[nH]c(=O)c21. The van der Waals surface area contributed by atoms with Crippen molar-refractivity contribution in [1.82, 2.24) is 20.0 Å². The molecular formula is C25H24N6O2. The molecule has 3 N–H and O–H groups in total. The van der Waals surface area contributed by atoms with Gasteiger partial charge in [-0.25, -0.2) is 5.10 Å². The lowest BCUT2D eigenvalue weighted by Crippen LogP contribution is -2.38. The Morgan fingerprint density at radius 2 is 1.97 bits per heavy atom. The normalized spacial score (nSPS) is 16.2. The zero-order valence-corrected chi connectivity index (χ0v) is 18.3. The van der Waals surface area contributed by atoms with Crippen LogP contribution in [-0.2, 0) is 23.2 Å². The molecule has 8 heteroatoms. The summed E-state index contributed by atoms with van der Waals surface area (Å²) < 4.78 is 1.65. The lowest BCUT2D eigenvalue weighted by atomic mass is 9.94. The Balaban J connectivity index is 1.40. The van der Waals surface area contributed by atoms with E-state index in [1.165, 1.54) is 0 Å². The van der Waals surface area contributed by atoms with Crippen LogP contribution in [0.3, 0.4) is 0 Å². The predicted molar refractivity (Wildman–Crippen MR) is 127 cm³/mol. The number of rotatable bonds is 4. The van der Waals surface area contributed by atoms with Gasteiger partial charge in [-0.05, 0) is 49.4 Å². The zero-order valence-electron chi connectivity index (χ0n) is 18.3. The van der Waals surface area contributed by atoms with Gasteiger partial charge in [0.15, 0.2) is 5.82 Å². The third-order valence-electron chi connectivity index (χ3n) is 6.98. The maximum Gasteiger partial charge on any atom is 0.290 e. The van der Waals surface area contributed by atoms with E-state index in [0.29, 0.717) is 29.7 Å². The minimum absolute atomic E-state index is 0.181. The van der Waals surface area contributed by atoms with Crippen molar-refractivity contribution in [2.45, 2.75) is 38.1 Å². The first-order valence-corrected chi connectivity index (χ1v) is 11.3. The Morgan fingerprint density at radius 3 is 2.70 bits per heavy atom. The maximum absolute atomic E-state index is 13.6. The number of benzene rings is 2. The minimum atomic E-state index is -0.390. The number of aryl methyl sites for hydroxylation is 1. The molecule has 33 heavy (non-hydrogen) atoms. The van der Waals surface area contributed by atoms with Crippen molar-refractivity contribution in [1.29, 1.82) is 0 Å². The Labute approximate surface area is 190 Å². The van der Waals surface area contributed by atoms with E-state index in [1.807, 2.05) is 42.2 Å². The second-order valence-electron chi connectivity index (χ2n) is 8.82. The number of hydrogen-bond donors (Lipinski definition) is 2. The van der Waals surface area contributed by atoms with Gasteiger partial charge in [0.2, 0.25) is 5.91 Å². The smallest absolute Gasteiger partial charge is 0.290 e. The highest BCUT2D eigenvalue weighted by atomic mass is 16.2. The summed E-state index contributed by atoms with van der Waals surface area (Å²) in [5, 5.41) is 11.6. The number of amides is 1. The average molecular weight is 441 g/mol. The molecule has 4 aromatic rings. The van der Waals surface area contributed by atoms with E-state index in [-0.39, 0.29) is 17.3 Å². The summed E-state index contributed by atoms with van der Waals surface area (Å²) in [4.78, 5) is 27.9. The molecule has 1 fully saturated rings. The number of hydrogen-bond acceptors (Lipinski definition) is 5. The number of carbonyl (C=O) groups excluding carboxylic acids is 1. The van der Waals surface area contributed by atoms with Gasteiger partial charge in [0.05, 0.1) is 10.8 Å². The third kappa shape index (κ3) is 2.83. The molecule has 2 aromatic carbocycles. The lowest BCUT2D eigenvalue weighted by Gasteiger charge is -2.24. The van der Waals surface area contributed by atoms with Crippen molar-refractivity contribution in [3.63, 3.8) is 0 Å². The quantitative estimate of drug-likeness (QED) is 0.507. The summed E-state index contributed by atoms with van der Waals surface area (Å²) in [7, 11) is 0. The number of nitrogen functional groups attached to an aromatic ring is 1. The van der Waals surface area contributed by atoms with Gasteiger partial charge in [-0.2, -0.15) is 10.2 Å². The number of carbonyl (C=O) groups is 1. The molecular weight excluding hydrogens is 416 g/mol. The fourth-order valence-electron chi connectivity index (χ4n) is 5.11. The number of nitrogens with one attached hydrogen (secondary N) is 1. The lowest BCUT2D eigenvalue weighted by molar-refractivity contribution is -0.120. The first-order chi connectivity index (χ1) is 16.0. The average Bonchev–Trinajstić information content (AvgIpc) is 3.39. The van der Waals surface area contributed by atoms with Crippen LogP contribution in [0.5, 0.6) is 0 Å². The van der Waals surface area contributed by atoms with Gasteiger partial charge in [-0.15, -0.1) is 0 Å². The molecule has 166 valence electrons. The Kier molecular flexibility index (Phi) is 4.20. The molecule has 3 heterocycles. The van der Waals surface area contributed by atoms with Crippen LogP contribution in [0, 0.1) is 0 Å². The number of aromatic nitrogens is 4. The van der Waals surface area contributed by atoms with Crippen LogP contribution in [-0.4, -0.2) is 32.4 Å². The number of aromatic amines is 1. The predicted octanol–water partition coefficient (Wildman–Crippen LogP) is 3.01. The van der Waals surface area contributed by atoms with E-state index in [9.17, 15) is 9.59 Å². The first-order valence-electron chi connectivity index (χ1n) is 11.3. The van der Waals surface area contributed by atoms with Crippen LogP contribution in [0.4, 0.5) is 11.5 Å². The van der Waals surface area contributed by atoms with Gasteiger partial charge in [0.1, 0.15) is 11.2 Å². The molecule has 2 aliphatic rings. The third-order valence-corrected chi connectivity index (χ3v) is 6.98. The van der Waals surface area contributed by atoms with Gasteiger partial charge in [-0.3, -0.25) is 14.3 Å². The molecule has 6 rings (SSSR count). The Hall–Kier alpha value is -3.94. The topological polar surface area (TPSA) is 110 Å². The second-order valence-corrected chi connectivity index (χ2v) is 8.82. The molecule has 1 aliphatic heterocycles. The molecule has 8 nitrogen and oxygen atoms in total. The van der Waals surface area contributed by atoms with Crippen LogP contribution >= 0.6 is 0 Å². The van der Waals surface area contributed by atoms with Gasteiger partial charge in [-0.1, -0.05) is 36.4 Å². The van der Waals surface area contributed by atoms with Crippen LogP contribution in [0.1, 0.15) is 30.9 Å².